The highest BCUT2D eigenvalue weighted by Gasteiger charge is 2.47. The minimum absolute atomic E-state index is 0.144. The first-order valence-corrected chi connectivity index (χ1v) is 12.0. The highest BCUT2D eigenvalue weighted by molar-refractivity contribution is 7.96. The van der Waals surface area contributed by atoms with Crippen LogP contribution in [0.4, 0.5) is 0 Å². The topological polar surface area (TPSA) is 17.1 Å². The molecule has 0 aliphatic rings. The normalized spacial score (nSPS) is 11.2. The fourth-order valence-corrected chi connectivity index (χ4v) is 8.08. The number of Topliss-reactive ketones (excluding diaryl/α,β-unsaturated/α-hetero) is 1. The summed E-state index contributed by atoms with van der Waals surface area (Å²) in [7, 11) is -2.16. The van der Waals surface area contributed by atoms with Crippen LogP contribution in [0, 0.1) is 0 Å². The fourth-order valence-electron chi connectivity index (χ4n) is 3.75. The summed E-state index contributed by atoms with van der Waals surface area (Å²) in [4.78, 5) is 14.3. The average Bonchev–Trinajstić information content (AvgIpc) is 2.79. The number of ketones is 1. The Bertz CT molecular complexity index is 998. The smallest absolute Gasteiger partial charge is 0.201 e. The second-order valence-electron chi connectivity index (χ2n) is 6.95. The van der Waals surface area contributed by atoms with E-state index in [2.05, 4.69) is 85.4 Å². The van der Waals surface area contributed by atoms with Crippen molar-refractivity contribution < 1.29 is 4.79 Å². The van der Waals surface area contributed by atoms with Crippen LogP contribution in [0.25, 0.3) is 0 Å². The van der Waals surface area contributed by atoms with Crippen molar-refractivity contribution >= 4 is 41.6 Å². The predicted molar refractivity (Wildman–Crippen MR) is 128 cm³/mol. The van der Waals surface area contributed by atoms with Crippen molar-refractivity contribution in [1.29, 1.82) is 0 Å². The van der Waals surface area contributed by atoms with E-state index in [0.717, 1.165) is 4.90 Å². The van der Waals surface area contributed by atoms with Gasteiger partial charge in [0.25, 0.3) is 0 Å². The van der Waals surface area contributed by atoms with Gasteiger partial charge >= 0.3 is 0 Å². The van der Waals surface area contributed by atoms with E-state index in [1.807, 2.05) is 42.5 Å². The van der Waals surface area contributed by atoms with Crippen molar-refractivity contribution in [2.45, 2.75) is 4.90 Å². The maximum absolute atomic E-state index is 13.5. The molecule has 0 aliphatic carbocycles. The largest absolute Gasteiger partial charge is 0.290 e. The second kappa shape index (κ2) is 8.78. The summed E-state index contributed by atoms with van der Waals surface area (Å²) in [5.41, 5.74) is 0.713. The van der Waals surface area contributed by atoms with Gasteiger partial charge in [-0.25, -0.2) is 0 Å². The summed E-state index contributed by atoms with van der Waals surface area (Å²) in [5.74, 6) is 0.144. The molecule has 4 rings (SSSR count). The van der Waals surface area contributed by atoms with E-state index < -0.39 is 7.26 Å². The summed E-state index contributed by atoms with van der Waals surface area (Å²) in [6.45, 7) is 0. The third-order valence-electron chi connectivity index (χ3n) is 5.14. The number of benzene rings is 4. The maximum atomic E-state index is 13.5. The lowest BCUT2D eigenvalue weighted by molar-refractivity contribution is 0.102. The highest BCUT2D eigenvalue weighted by atomic mass is 32.1. The standard InChI is InChI=1S/C26H21OPS/c27-26(21-11-10-18-25(29)19-21)20-28(22-12-4-1-5-13-22,23-14-6-2-7-15-23)24-16-8-3-9-17-24/h1-19H,20H2/p+1. The molecule has 1 nitrogen and oxygen atoms in total. The molecule has 29 heavy (non-hydrogen) atoms. The average molecular weight is 414 g/mol. The van der Waals surface area contributed by atoms with Gasteiger partial charge in [0.1, 0.15) is 29.3 Å². The Morgan fingerprint density at radius 1 is 0.621 bits per heavy atom. The van der Waals surface area contributed by atoms with Crippen LogP contribution < -0.4 is 15.9 Å². The van der Waals surface area contributed by atoms with Gasteiger partial charge in [-0.3, -0.25) is 4.79 Å². The molecule has 0 bridgehead atoms. The van der Waals surface area contributed by atoms with Crippen LogP contribution in [0.5, 0.6) is 0 Å². The van der Waals surface area contributed by atoms with E-state index in [4.69, 9.17) is 0 Å². The number of rotatable bonds is 6. The van der Waals surface area contributed by atoms with Gasteiger partial charge in [0, 0.05) is 10.5 Å². The molecule has 0 fully saturated rings. The zero-order valence-electron chi connectivity index (χ0n) is 16.0. The SMILES string of the molecule is O=C(C[P+](c1ccccc1)(c1ccccc1)c1ccccc1)c1cccc(S)c1. The Balaban J connectivity index is 1.94. The van der Waals surface area contributed by atoms with Crippen molar-refractivity contribution in [1.82, 2.24) is 0 Å². The van der Waals surface area contributed by atoms with Crippen LogP contribution in [0.2, 0.25) is 0 Å². The van der Waals surface area contributed by atoms with E-state index in [-0.39, 0.29) is 5.78 Å². The Morgan fingerprint density at radius 2 is 1.07 bits per heavy atom. The zero-order valence-corrected chi connectivity index (χ0v) is 17.8. The first-order chi connectivity index (χ1) is 14.2. The Labute approximate surface area is 178 Å². The van der Waals surface area contributed by atoms with E-state index >= 15 is 0 Å². The molecule has 0 N–H and O–H groups in total. The van der Waals surface area contributed by atoms with Gasteiger partial charge in [0.2, 0.25) is 5.78 Å². The summed E-state index contributed by atoms with van der Waals surface area (Å²) in [5, 5.41) is 3.65. The van der Waals surface area contributed by atoms with Gasteiger partial charge in [-0.2, -0.15) is 0 Å². The van der Waals surface area contributed by atoms with Crippen LogP contribution in [0.3, 0.4) is 0 Å². The summed E-state index contributed by atoms with van der Waals surface area (Å²) >= 11 is 4.43. The van der Waals surface area contributed by atoms with Crippen LogP contribution in [0.15, 0.2) is 120 Å². The van der Waals surface area contributed by atoms with Crippen LogP contribution >= 0.6 is 19.9 Å². The van der Waals surface area contributed by atoms with E-state index in [1.165, 1.54) is 15.9 Å². The molecule has 0 aliphatic heterocycles. The number of carbonyl (C=O) groups excluding carboxylic acids is 1. The Kier molecular flexibility index (Phi) is 5.94. The molecule has 0 saturated carbocycles. The monoisotopic (exact) mass is 413 g/mol. The second-order valence-corrected chi connectivity index (χ2v) is 10.9. The molecule has 3 heteroatoms. The van der Waals surface area contributed by atoms with Crippen molar-refractivity contribution in [2.75, 3.05) is 6.16 Å². The molecule has 0 unspecified atom stereocenters. The van der Waals surface area contributed by atoms with Crippen LogP contribution in [-0.4, -0.2) is 11.9 Å². The predicted octanol–water partition coefficient (Wildman–Crippen LogP) is 5.15. The van der Waals surface area contributed by atoms with Gasteiger partial charge < -0.3 is 0 Å². The first kappa shape index (κ1) is 19.6. The molecule has 142 valence electrons. The molecule has 0 aromatic heterocycles. The first-order valence-electron chi connectivity index (χ1n) is 9.57. The number of carbonyl (C=O) groups is 1. The van der Waals surface area contributed by atoms with E-state index in [9.17, 15) is 4.79 Å². The molecule has 4 aromatic rings. The quantitative estimate of drug-likeness (QED) is 0.263. The summed E-state index contributed by atoms with van der Waals surface area (Å²) in [6, 6.07) is 39.0. The fraction of sp³-hybridized carbons (Fsp3) is 0.0385. The minimum atomic E-state index is -2.16. The number of hydrogen-bond donors (Lipinski definition) is 1. The summed E-state index contributed by atoms with van der Waals surface area (Å²) < 4.78 is 0. The molecule has 0 heterocycles. The lowest BCUT2D eigenvalue weighted by atomic mass is 10.1. The lowest BCUT2D eigenvalue weighted by Crippen LogP contribution is -2.35. The molecule has 4 aromatic carbocycles. The molecule has 0 radical (unpaired) electrons. The van der Waals surface area contributed by atoms with E-state index in [0.29, 0.717) is 11.7 Å². The Morgan fingerprint density at radius 3 is 1.48 bits per heavy atom. The van der Waals surface area contributed by atoms with Gasteiger partial charge in [-0.15, -0.1) is 12.6 Å². The third-order valence-corrected chi connectivity index (χ3v) is 9.72. The zero-order chi connectivity index (χ0) is 20.1. The van der Waals surface area contributed by atoms with Gasteiger partial charge in [0.05, 0.1) is 0 Å². The van der Waals surface area contributed by atoms with E-state index in [1.54, 1.807) is 0 Å². The molecular formula is C26H22OPS+. The van der Waals surface area contributed by atoms with Crippen molar-refractivity contribution in [3.8, 4) is 0 Å². The number of thiol groups is 1. The third kappa shape index (κ3) is 4.05. The van der Waals surface area contributed by atoms with Crippen molar-refractivity contribution in [3.63, 3.8) is 0 Å². The lowest BCUT2D eigenvalue weighted by Gasteiger charge is -2.27. The number of hydrogen-bond acceptors (Lipinski definition) is 2. The molecular weight excluding hydrogens is 391 g/mol. The molecule has 0 atom stereocenters. The van der Waals surface area contributed by atoms with Crippen molar-refractivity contribution in [3.05, 3.63) is 121 Å². The maximum Gasteiger partial charge on any atom is 0.201 e. The molecule has 0 spiro atoms. The summed E-state index contributed by atoms with van der Waals surface area (Å²) in [6.07, 6.45) is 0.447. The van der Waals surface area contributed by atoms with Crippen LogP contribution in [0.1, 0.15) is 10.4 Å². The highest BCUT2D eigenvalue weighted by Crippen LogP contribution is 2.55. The minimum Gasteiger partial charge on any atom is -0.290 e. The van der Waals surface area contributed by atoms with Crippen LogP contribution in [-0.2, 0) is 0 Å². The molecule has 0 saturated heterocycles. The van der Waals surface area contributed by atoms with Gasteiger partial charge in [0.15, 0.2) is 0 Å². The van der Waals surface area contributed by atoms with Crippen molar-refractivity contribution in [2.24, 2.45) is 0 Å². The van der Waals surface area contributed by atoms with Gasteiger partial charge in [-0.05, 0) is 48.5 Å². The van der Waals surface area contributed by atoms with Gasteiger partial charge in [-0.1, -0.05) is 66.7 Å². The molecule has 0 amide bonds. The Hall–Kier alpha value is -2.67.